The van der Waals surface area contributed by atoms with E-state index < -0.39 is 17.7 Å². The van der Waals surface area contributed by atoms with Crippen molar-refractivity contribution in [2.24, 2.45) is 11.8 Å². The summed E-state index contributed by atoms with van der Waals surface area (Å²) in [6.45, 7) is 12.1. The first-order valence-electron chi connectivity index (χ1n) is 12.4. The fourth-order valence-electron chi connectivity index (χ4n) is 5.35. The SMILES string of the molecule is CN1CCC(C2CCN(C(=O)[C@@H](CN3CCCCC3)NC(=O)OC(C)(C)C)CC2)CC1. The highest BCUT2D eigenvalue weighted by Crippen LogP contribution is 2.32. The Morgan fingerprint density at radius 3 is 2.00 bits per heavy atom. The maximum absolute atomic E-state index is 13.4. The summed E-state index contributed by atoms with van der Waals surface area (Å²) in [5.41, 5.74) is -0.574. The minimum Gasteiger partial charge on any atom is -0.444 e. The van der Waals surface area contributed by atoms with Crippen LogP contribution in [0.3, 0.4) is 0 Å². The number of likely N-dealkylation sites (tertiary alicyclic amines) is 3. The van der Waals surface area contributed by atoms with Crippen molar-refractivity contribution in [1.29, 1.82) is 0 Å². The summed E-state index contributed by atoms with van der Waals surface area (Å²) in [7, 11) is 2.21. The molecule has 0 aliphatic carbocycles. The van der Waals surface area contributed by atoms with Crippen molar-refractivity contribution in [1.82, 2.24) is 20.0 Å². The Morgan fingerprint density at radius 2 is 1.45 bits per heavy atom. The monoisotopic (exact) mass is 436 g/mol. The van der Waals surface area contributed by atoms with E-state index in [1.807, 2.05) is 25.7 Å². The maximum atomic E-state index is 13.4. The van der Waals surface area contributed by atoms with Gasteiger partial charge in [-0.2, -0.15) is 0 Å². The summed E-state index contributed by atoms with van der Waals surface area (Å²) in [5.74, 6) is 1.59. The first-order chi connectivity index (χ1) is 14.7. The molecule has 3 rings (SSSR count). The molecule has 3 aliphatic heterocycles. The normalized spacial score (nSPS) is 24.1. The smallest absolute Gasteiger partial charge is 0.408 e. The van der Waals surface area contributed by atoms with Crippen LogP contribution in [0.4, 0.5) is 4.79 Å². The van der Waals surface area contributed by atoms with Crippen molar-refractivity contribution in [3.8, 4) is 0 Å². The molecule has 1 atom stereocenters. The van der Waals surface area contributed by atoms with Gasteiger partial charge in [-0.1, -0.05) is 6.42 Å². The molecule has 0 unspecified atom stereocenters. The average Bonchev–Trinajstić information content (AvgIpc) is 2.73. The Labute approximate surface area is 188 Å². The largest absolute Gasteiger partial charge is 0.444 e. The Bertz CT molecular complexity index is 584. The van der Waals surface area contributed by atoms with E-state index in [-0.39, 0.29) is 5.91 Å². The van der Waals surface area contributed by atoms with Crippen LogP contribution in [-0.2, 0) is 9.53 Å². The second-order valence-corrected chi connectivity index (χ2v) is 10.9. The van der Waals surface area contributed by atoms with E-state index >= 15 is 0 Å². The standard InChI is InChI=1S/C24H44N4O3/c1-24(2,3)31-23(30)25-21(18-27-12-6-5-7-13-27)22(29)28-16-10-20(11-17-28)19-8-14-26(4)15-9-19/h19-21H,5-18H2,1-4H3,(H,25,30)/t21-/m1/s1. The van der Waals surface area contributed by atoms with Crippen LogP contribution in [0.5, 0.6) is 0 Å². The molecule has 0 aromatic carbocycles. The lowest BCUT2D eigenvalue weighted by Crippen LogP contribution is -2.56. The third kappa shape index (κ3) is 7.63. The predicted octanol–water partition coefficient (Wildman–Crippen LogP) is 2.95. The van der Waals surface area contributed by atoms with E-state index in [4.69, 9.17) is 4.74 Å². The van der Waals surface area contributed by atoms with Crippen LogP contribution < -0.4 is 5.32 Å². The van der Waals surface area contributed by atoms with Gasteiger partial charge < -0.3 is 24.8 Å². The lowest BCUT2D eigenvalue weighted by Gasteiger charge is -2.40. The Hall–Kier alpha value is -1.34. The zero-order chi connectivity index (χ0) is 22.4. The van der Waals surface area contributed by atoms with Gasteiger partial charge in [-0.15, -0.1) is 0 Å². The molecule has 3 saturated heterocycles. The summed E-state index contributed by atoms with van der Waals surface area (Å²) < 4.78 is 5.46. The molecule has 0 saturated carbocycles. The summed E-state index contributed by atoms with van der Waals surface area (Å²) in [5, 5.41) is 2.90. The van der Waals surface area contributed by atoms with Gasteiger partial charge in [-0.25, -0.2) is 4.79 Å². The molecule has 0 radical (unpaired) electrons. The van der Waals surface area contributed by atoms with Crippen molar-refractivity contribution >= 4 is 12.0 Å². The van der Waals surface area contributed by atoms with Crippen LogP contribution in [0.15, 0.2) is 0 Å². The Balaban J connectivity index is 1.56. The number of rotatable bonds is 5. The number of alkyl carbamates (subject to hydrolysis) is 1. The zero-order valence-electron chi connectivity index (χ0n) is 20.2. The Morgan fingerprint density at radius 1 is 0.903 bits per heavy atom. The molecule has 178 valence electrons. The first kappa shape index (κ1) is 24.3. The van der Waals surface area contributed by atoms with Crippen LogP contribution in [-0.4, -0.2) is 91.2 Å². The average molecular weight is 437 g/mol. The molecule has 3 fully saturated rings. The van der Waals surface area contributed by atoms with Gasteiger partial charge in [0.2, 0.25) is 5.91 Å². The van der Waals surface area contributed by atoms with E-state index in [1.165, 1.54) is 32.4 Å². The number of carbonyl (C=O) groups is 2. The number of ether oxygens (including phenoxy) is 1. The fraction of sp³-hybridized carbons (Fsp3) is 0.917. The molecule has 0 spiro atoms. The van der Waals surface area contributed by atoms with E-state index in [2.05, 4.69) is 22.2 Å². The molecule has 1 N–H and O–H groups in total. The van der Waals surface area contributed by atoms with E-state index in [0.717, 1.165) is 63.7 Å². The number of hydrogen-bond donors (Lipinski definition) is 1. The second kappa shape index (κ2) is 11.0. The highest BCUT2D eigenvalue weighted by Gasteiger charge is 2.34. The summed E-state index contributed by atoms with van der Waals surface area (Å²) in [6.07, 6.45) is 7.82. The van der Waals surface area contributed by atoms with Crippen LogP contribution in [0.1, 0.15) is 65.7 Å². The van der Waals surface area contributed by atoms with Gasteiger partial charge >= 0.3 is 6.09 Å². The predicted molar refractivity (Wildman–Crippen MR) is 123 cm³/mol. The molecule has 31 heavy (non-hydrogen) atoms. The van der Waals surface area contributed by atoms with Crippen molar-refractivity contribution in [3.63, 3.8) is 0 Å². The number of carbonyl (C=O) groups excluding carboxylic acids is 2. The topological polar surface area (TPSA) is 65.1 Å². The quantitative estimate of drug-likeness (QED) is 0.718. The molecule has 7 nitrogen and oxygen atoms in total. The molecule has 0 aromatic rings. The second-order valence-electron chi connectivity index (χ2n) is 10.9. The zero-order valence-corrected chi connectivity index (χ0v) is 20.2. The van der Waals surface area contributed by atoms with E-state index in [0.29, 0.717) is 6.54 Å². The third-order valence-electron chi connectivity index (χ3n) is 7.16. The minimum atomic E-state index is -0.574. The van der Waals surface area contributed by atoms with Gasteiger partial charge in [0.25, 0.3) is 0 Å². The van der Waals surface area contributed by atoms with Gasteiger partial charge in [0.15, 0.2) is 0 Å². The fourth-order valence-corrected chi connectivity index (χ4v) is 5.35. The van der Waals surface area contributed by atoms with E-state index in [9.17, 15) is 9.59 Å². The van der Waals surface area contributed by atoms with Gasteiger partial charge in [0.1, 0.15) is 11.6 Å². The highest BCUT2D eigenvalue weighted by atomic mass is 16.6. The molecule has 0 aromatic heterocycles. The molecule has 2 amide bonds. The van der Waals surface area contributed by atoms with Crippen molar-refractivity contribution < 1.29 is 14.3 Å². The van der Waals surface area contributed by atoms with Crippen LogP contribution >= 0.6 is 0 Å². The molecule has 3 heterocycles. The number of hydrogen-bond acceptors (Lipinski definition) is 5. The summed E-state index contributed by atoms with van der Waals surface area (Å²) in [4.78, 5) is 32.6. The third-order valence-corrected chi connectivity index (χ3v) is 7.16. The lowest BCUT2D eigenvalue weighted by molar-refractivity contribution is -0.135. The number of nitrogens with zero attached hydrogens (tertiary/aromatic N) is 3. The number of nitrogens with one attached hydrogen (secondary N) is 1. The molecular formula is C24H44N4O3. The highest BCUT2D eigenvalue weighted by molar-refractivity contribution is 5.86. The maximum Gasteiger partial charge on any atom is 0.408 e. The lowest BCUT2D eigenvalue weighted by atomic mass is 9.79. The van der Waals surface area contributed by atoms with Crippen LogP contribution in [0.25, 0.3) is 0 Å². The van der Waals surface area contributed by atoms with Crippen molar-refractivity contribution in [3.05, 3.63) is 0 Å². The molecule has 0 bridgehead atoms. The van der Waals surface area contributed by atoms with Crippen molar-refractivity contribution in [2.75, 3.05) is 52.9 Å². The molecule has 7 heteroatoms. The van der Waals surface area contributed by atoms with Crippen LogP contribution in [0, 0.1) is 11.8 Å². The number of amides is 2. The molecule has 3 aliphatic rings. The molecular weight excluding hydrogens is 392 g/mol. The minimum absolute atomic E-state index is 0.0539. The van der Waals surface area contributed by atoms with Gasteiger partial charge in [0.05, 0.1) is 0 Å². The first-order valence-corrected chi connectivity index (χ1v) is 12.4. The van der Waals surface area contributed by atoms with E-state index in [1.54, 1.807) is 0 Å². The van der Waals surface area contributed by atoms with Gasteiger partial charge in [-0.05, 0) is 104 Å². The van der Waals surface area contributed by atoms with Gasteiger partial charge in [0, 0.05) is 19.6 Å². The number of piperidine rings is 3. The summed E-state index contributed by atoms with van der Waals surface area (Å²) in [6, 6.07) is -0.534. The van der Waals surface area contributed by atoms with Crippen molar-refractivity contribution in [2.45, 2.75) is 77.4 Å². The Kier molecular flexibility index (Phi) is 8.62. The van der Waals surface area contributed by atoms with Crippen LogP contribution in [0.2, 0.25) is 0 Å². The van der Waals surface area contributed by atoms with Gasteiger partial charge in [-0.3, -0.25) is 4.79 Å². The summed E-state index contributed by atoms with van der Waals surface area (Å²) >= 11 is 0.